The van der Waals surface area contributed by atoms with Gasteiger partial charge in [0.15, 0.2) is 6.10 Å². The first-order valence-electron chi connectivity index (χ1n) is 18.4. The predicted molar refractivity (Wildman–Crippen MR) is 185 cm³/mol. The summed E-state index contributed by atoms with van der Waals surface area (Å²) in [6.07, 6.45) is 26.7. The van der Waals surface area contributed by atoms with Crippen molar-refractivity contribution in [1.82, 2.24) is 0 Å². The number of phosphoric ester groups is 1. The van der Waals surface area contributed by atoms with Crippen molar-refractivity contribution >= 4 is 19.8 Å². The molecule has 0 saturated carbocycles. The number of quaternary nitrogens is 1. The summed E-state index contributed by atoms with van der Waals surface area (Å²) in [5.41, 5.74) is 0. The number of nitrogens with zero attached hydrogens (tertiary/aromatic N) is 1. The van der Waals surface area contributed by atoms with Crippen molar-refractivity contribution in [2.75, 3.05) is 47.5 Å². The lowest BCUT2D eigenvalue weighted by Crippen LogP contribution is -2.37. The number of carbonyl (C=O) groups is 2. The molecular weight excluding hydrogens is 605 g/mol. The van der Waals surface area contributed by atoms with Crippen molar-refractivity contribution in [2.24, 2.45) is 0 Å². The molecule has 0 fully saturated rings. The number of allylic oxidation sites excluding steroid dienone is 2. The zero-order valence-electron chi connectivity index (χ0n) is 30.3. The Morgan fingerprint density at radius 3 is 1.70 bits per heavy atom. The number of hydrogen-bond acceptors (Lipinski definition) is 8. The SMILES string of the molecule is CCC/C=C\CCCCCCCC(=O)OC(COC(=O)CCCCCCCCCCCCCC)COP(=O)([O-])OCC[N+](C)(C)C. The van der Waals surface area contributed by atoms with Crippen LogP contribution in [0.2, 0.25) is 0 Å². The number of rotatable bonds is 33. The molecule has 9 nitrogen and oxygen atoms in total. The number of phosphoric acid groups is 1. The molecule has 46 heavy (non-hydrogen) atoms. The zero-order chi connectivity index (χ0) is 34.4. The predicted octanol–water partition coefficient (Wildman–Crippen LogP) is 8.83. The van der Waals surface area contributed by atoms with Crippen molar-refractivity contribution in [3.05, 3.63) is 12.2 Å². The van der Waals surface area contributed by atoms with E-state index in [1.165, 1.54) is 64.2 Å². The molecule has 2 atom stereocenters. The van der Waals surface area contributed by atoms with E-state index in [-0.39, 0.29) is 32.0 Å². The minimum Gasteiger partial charge on any atom is -0.756 e. The molecular formula is C36H70NO8P. The number of ether oxygens (including phenoxy) is 2. The molecule has 272 valence electrons. The molecule has 0 heterocycles. The summed E-state index contributed by atoms with van der Waals surface area (Å²) >= 11 is 0. The highest BCUT2D eigenvalue weighted by molar-refractivity contribution is 7.45. The van der Waals surface area contributed by atoms with E-state index >= 15 is 0 Å². The molecule has 0 saturated heterocycles. The Kier molecular flexibility index (Phi) is 29.0. The molecule has 0 bridgehead atoms. The highest BCUT2D eigenvalue weighted by atomic mass is 31.2. The Labute approximate surface area is 282 Å². The van der Waals surface area contributed by atoms with Gasteiger partial charge in [0.2, 0.25) is 0 Å². The van der Waals surface area contributed by atoms with Crippen molar-refractivity contribution in [3.63, 3.8) is 0 Å². The first kappa shape index (κ1) is 44.8. The average Bonchev–Trinajstić information content (AvgIpc) is 2.99. The largest absolute Gasteiger partial charge is 0.756 e. The maximum Gasteiger partial charge on any atom is 0.306 e. The third kappa shape index (κ3) is 32.7. The fourth-order valence-corrected chi connectivity index (χ4v) is 5.56. The van der Waals surface area contributed by atoms with E-state index in [2.05, 4.69) is 26.0 Å². The molecule has 0 aromatic heterocycles. The maximum absolute atomic E-state index is 12.5. The quantitative estimate of drug-likeness (QED) is 0.0223. The molecule has 0 aromatic rings. The van der Waals surface area contributed by atoms with Crippen LogP contribution in [0.25, 0.3) is 0 Å². The minimum absolute atomic E-state index is 0.0300. The zero-order valence-corrected chi connectivity index (χ0v) is 31.2. The van der Waals surface area contributed by atoms with Crippen molar-refractivity contribution in [3.8, 4) is 0 Å². The highest BCUT2D eigenvalue weighted by Gasteiger charge is 2.21. The molecule has 0 radical (unpaired) electrons. The normalized spacial score (nSPS) is 14.0. The first-order valence-corrected chi connectivity index (χ1v) is 19.9. The van der Waals surface area contributed by atoms with E-state index in [9.17, 15) is 19.0 Å². The van der Waals surface area contributed by atoms with Crippen molar-refractivity contribution in [2.45, 2.75) is 161 Å². The van der Waals surface area contributed by atoms with Gasteiger partial charge in [0.1, 0.15) is 19.8 Å². The van der Waals surface area contributed by atoms with Gasteiger partial charge >= 0.3 is 11.9 Å². The second-order valence-corrected chi connectivity index (χ2v) is 15.0. The van der Waals surface area contributed by atoms with Crippen LogP contribution in [0.4, 0.5) is 0 Å². The van der Waals surface area contributed by atoms with Crippen LogP contribution in [-0.2, 0) is 32.7 Å². The number of carbonyl (C=O) groups excluding carboxylic acids is 2. The van der Waals surface area contributed by atoms with Crippen LogP contribution in [-0.4, -0.2) is 70.0 Å². The molecule has 0 rings (SSSR count). The summed E-state index contributed by atoms with van der Waals surface area (Å²) in [6.45, 7) is 4.13. The Balaban J connectivity index is 4.45. The molecule has 0 aliphatic heterocycles. The molecule has 0 N–H and O–H groups in total. The standard InChI is InChI=1S/C36H70NO8P/c1-6-8-10-12-14-16-18-19-21-22-24-26-28-35(38)42-32-34(33-44-46(40,41)43-31-30-37(3,4)5)45-36(39)29-27-25-23-20-17-15-13-11-9-7-2/h11,13,34H,6-10,12,14-33H2,1-5H3/b13-11-. The van der Waals surface area contributed by atoms with Gasteiger partial charge in [-0.1, -0.05) is 122 Å². The lowest BCUT2D eigenvalue weighted by atomic mass is 10.0. The molecule has 0 aliphatic rings. The van der Waals surface area contributed by atoms with Gasteiger partial charge in [-0.05, 0) is 32.1 Å². The van der Waals surface area contributed by atoms with Gasteiger partial charge in [0.25, 0.3) is 7.82 Å². The Morgan fingerprint density at radius 2 is 1.15 bits per heavy atom. The topological polar surface area (TPSA) is 111 Å². The lowest BCUT2D eigenvalue weighted by Gasteiger charge is -2.28. The Bertz CT molecular complexity index is 814. The molecule has 10 heteroatoms. The van der Waals surface area contributed by atoms with Crippen LogP contribution in [0.1, 0.15) is 155 Å². The van der Waals surface area contributed by atoms with E-state index in [1.807, 2.05) is 21.1 Å². The van der Waals surface area contributed by atoms with Gasteiger partial charge < -0.3 is 27.9 Å². The molecule has 0 aliphatic carbocycles. The van der Waals surface area contributed by atoms with E-state index in [4.69, 9.17) is 18.5 Å². The van der Waals surface area contributed by atoms with E-state index in [0.29, 0.717) is 17.4 Å². The van der Waals surface area contributed by atoms with Crippen LogP contribution in [0.15, 0.2) is 12.2 Å². The van der Waals surface area contributed by atoms with Crippen LogP contribution < -0.4 is 4.89 Å². The molecule has 0 spiro atoms. The van der Waals surface area contributed by atoms with Crippen molar-refractivity contribution < 1.29 is 42.1 Å². The summed E-state index contributed by atoms with van der Waals surface area (Å²) in [7, 11) is 1.16. The molecule has 0 amide bonds. The lowest BCUT2D eigenvalue weighted by molar-refractivity contribution is -0.870. The fraction of sp³-hybridized carbons (Fsp3) is 0.889. The van der Waals surface area contributed by atoms with Gasteiger partial charge in [-0.3, -0.25) is 14.2 Å². The van der Waals surface area contributed by atoms with Crippen LogP contribution >= 0.6 is 7.82 Å². The fourth-order valence-electron chi connectivity index (χ4n) is 4.83. The average molecular weight is 676 g/mol. The number of unbranched alkanes of at least 4 members (excludes halogenated alkanes) is 17. The van der Waals surface area contributed by atoms with E-state index in [1.54, 1.807) is 0 Å². The summed E-state index contributed by atoms with van der Waals surface area (Å²) in [5, 5.41) is 0. The highest BCUT2D eigenvalue weighted by Crippen LogP contribution is 2.38. The number of esters is 2. The van der Waals surface area contributed by atoms with Gasteiger partial charge in [-0.2, -0.15) is 0 Å². The smallest absolute Gasteiger partial charge is 0.306 e. The first-order chi connectivity index (χ1) is 22.0. The minimum atomic E-state index is -4.61. The number of hydrogen-bond donors (Lipinski definition) is 0. The van der Waals surface area contributed by atoms with Gasteiger partial charge in [-0.15, -0.1) is 0 Å². The monoisotopic (exact) mass is 675 g/mol. The van der Waals surface area contributed by atoms with Crippen molar-refractivity contribution in [1.29, 1.82) is 0 Å². The summed E-state index contributed by atoms with van der Waals surface area (Å²) < 4.78 is 33.6. The second-order valence-electron chi connectivity index (χ2n) is 13.6. The van der Waals surface area contributed by atoms with Crippen LogP contribution in [0, 0.1) is 0 Å². The summed E-state index contributed by atoms with van der Waals surface area (Å²) in [5.74, 6) is -0.845. The number of likely N-dealkylation sites (N-methyl/N-ethyl adjacent to an activating group) is 1. The van der Waals surface area contributed by atoms with Gasteiger partial charge in [0.05, 0.1) is 27.7 Å². The molecule has 0 aromatic carbocycles. The van der Waals surface area contributed by atoms with E-state index in [0.717, 1.165) is 57.8 Å². The summed E-state index contributed by atoms with van der Waals surface area (Å²) in [4.78, 5) is 37.2. The molecule has 2 unspecified atom stereocenters. The Morgan fingerprint density at radius 1 is 0.652 bits per heavy atom. The van der Waals surface area contributed by atoms with Crippen LogP contribution in [0.3, 0.4) is 0 Å². The third-order valence-electron chi connectivity index (χ3n) is 7.77. The summed E-state index contributed by atoms with van der Waals surface area (Å²) in [6, 6.07) is 0. The van der Waals surface area contributed by atoms with E-state index < -0.39 is 26.5 Å². The Hall–Kier alpha value is -1.25. The second kappa shape index (κ2) is 29.9. The third-order valence-corrected chi connectivity index (χ3v) is 8.73. The van der Waals surface area contributed by atoms with Gasteiger partial charge in [-0.25, -0.2) is 0 Å². The van der Waals surface area contributed by atoms with Crippen LogP contribution in [0.5, 0.6) is 0 Å². The maximum atomic E-state index is 12.5. The van der Waals surface area contributed by atoms with Gasteiger partial charge in [0, 0.05) is 12.8 Å².